The Kier molecular flexibility index (Phi) is 7.56. The van der Waals surface area contributed by atoms with Gasteiger partial charge in [0.05, 0.1) is 24.3 Å². The summed E-state index contributed by atoms with van der Waals surface area (Å²) >= 11 is 1.15. The van der Waals surface area contributed by atoms with Gasteiger partial charge in [0.25, 0.3) is 0 Å². The number of aliphatic hydroxyl groups is 1. The summed E-state index contributed by atoms with van der Waals surface area (Å²) < 4.78 is 15.4. The van der Waals surface area contributed by atoms with Crippen molar-refractivity contribution in [3.8, 4) is 11.5 Å². The first-order valence-corrected chi connectivity index (χ1v) is 10.4. The number of carbonyl (C=O) groups is 2. The number of benzene rings is 2. The van der Waals surface area contributed by atoms with Gasteiger partial charge < -0.3 is 24.4 Å². The molecule has 0 amide bonds. The molecule has 0 saturated heterocycles. The van der Waals surface area contributed by atoms with Gasteiger partial charge in [0, 0.05) is 0 Å². The summed E-state index contributed by atoms with van der Waals surface area (Å²) in [5.74, 6) is -0.864. The molecule has 0 saturated carbocycles. The number of carboxylic acid groups (broad SMARTS) is 1. The average Bonchev–Trinajstić information content (AvgIpc) is 3.08. The van der Waals surface area contributed by atoms with Crippen molar-refractivity contribution < 1.29 is 34.0 Å². The summed E-state index contributed by atoms with van der Waals surface area (Å²) in [4.78, 5) is 28.0. The molecular weight excluding hydrogens is 434 g/mol. The highest BCUT2D eigenvalue weighted by molar-refractivity contribution is 8.18. The van der Waals surface area contributed by atoms with E-state index in [4.69, 9.17) is 19.3 Å². The van der Waals surface area contributed by atoms with Crippen LogP contribution in [-0.4, -0.2) is 47.5 Å². The normalized spacial score (nSPS) is 15.8. The molecule has 0 aliphatic carbocycles. The zero-order valence-corrected chi connectivity index (χ0v) is 18.2. The van der Waals surface area contributed by atoms with Crippen molar-refractivity contribution in [3.63, 3.8) is 0 Å². The van der Waals surface area contributed by atoms with Crippen LogP contribution in [0.15, 0.2) is 69.8 Å². The number of esters is 1. The molecule has 1 aliphatic rings. The van der Waals surface area contributed by atoms with Gasteiger partial charge in [-0.25, -0.2) is 14.6 Å². The van der Waals surface area contributed by atoms with Crippen molar-refractivity contribution in [1.29, 1.82) is 0 Å². The second kappa shape index (κ2) is 10.5. The van der Waals surface area contributed by atoms with E-state index in [0.29, 0.717) is 27.1 Å². The van der Waals surface area contributed by atoms with Crippen LogP contribution in [0.3, 0.4) is 0 Å². The van der Waals surface area contributed by atoms with Crippen LogP contribution in [0.2, 0.25) is 0 Å². The van der Waals surface area contributed by atoms with Gasteiger partial charge in [0.2, 0.25) is 0 Å². The number of hydrogen-bond acceptors (Lipinski definition) is 8. The van der Waals surface area contributed by atoms with Crippen LogP contribution in [0.1, 0.15) is 12.5 Å². The third-order valence-electron chi connectivity index (χ3n) is 4.21. The summed E-state index contributed by atoms with van der Waals surface area (Å²) in [7, 11) is 1.56. The molecule has 2 aromatic carbocycles. The van der Waals surface area contributed by atoms with Gasteiger partial charge in [-0.15, -0.1) is 0 Å². The molecule has 0 unspecified atom stereocenters. The number of aliphatic carboxylic acids is 1. The average molecular weight is 455 g/mol. The first-order valence-electron chi connectivity index (χ1n) is 9.59. The van der Waals surface area contributed by atoms with Crippen molar-refractivity contribution >= 4 is 40.5 Å². The Hall–Kier alpha value is -3.72. The lowest BCUT2D eigenvalue weighted by molar-refractivity contribution is -0.139. The van der Waals surface area contributed by atoms with Gasteiger partial charge in [0.1, 0.15) is 27.9 Å². The summed E-state index contributed by atoms with van der Waals surface area (Å²) in [6.07, 6.45) is 1.69. The number of aliphatic hydroxyl groups excluding tert-OH is 1. The Labute approximate surface area is 188 Å². The van der Waals surface area contributed by atoms with Gasteiger partial charge >= 0.3 is 11.9 Å². The van der Waals surface area contributed by atoms with Crippen LogP contribution in [-0.2, 0) is 14.3 Å². The largest absolute Gasteiger partial charge is 0.506 e. The molecule has 1 aliphatic heterocycles. The number of ether oxygens (including phenoxy) is 3. The lowest BCUT2D eigenvalue weighted by atomic mass is 10.1. The van der Waals surface area contributed by atoms with Gasteiger partial charge in [-0.05, 0) is 55.0 Å². The van der Waals surface area contributed by atoms with Crippen molar-refractivity contribution in [3.05, 3.63) is 70.3 Å². The van der Waals surface area contributed by atoms with Gasteiger partial charge in [-0.3, -0.25) is 0 Å². The molecule has 0 bridgehead atoms. The van der Waals surface area contributed by atoms with Crippen LogP contribution >= 0.6 is 11.8 Å². The van der Waals surface area contributed by atoms with Crippen LogP contribution in [0, 0.1) is 0 Å². The summed E-state index contributed by atoms with van der Waals surface area (Å²) in [6, 6.07) is 13.6. The summed E-state index contributed by atoms with van der Waals surface area (Å²) in [5.41, 5.74) is 1.31. The molecular formula is C23H21NO7S. The number of carbonyl (C=O) groups excluding carboxylic acids is 1. The fourth-order valence-electron chi connectivity index (χ4n) is 2.72. The van der Waals surface area contributed by atoms with E-state index in [-0.39, 0.29) is 17.9 Å². The van der Waals surface area contributed by atoms with Crippen LogP contribution in [0.5, 0.6) is 11.5 Å². The van der Waals surface area contributed by atoms with E-state index in [1.165, 1.54) is 0 Å². The number of hydrogen-bond donors (Lipinski definition) is 2. The molecule has 0 atom stereocenters. The Bertz CT molecular complexity index is 1090. The fourth-order valence-corrected chi connectivity index (χ4v) is 3.76. The lowest BCUT2D eigenvalue weighted by Crippen LogP contribution is -2.12. The van der Waals surface area contributed by atoms with Crippen LogP contribution in [0.4, 0.5) is 5.69 Å². The number of thioether (sulfide) groups is 1. The summed E-state index contributed by atoms with van der Waals surface area (Å²) in [6.45, 7) is 1.41. The Morgan fingerprint density at radius 1 is 1.06 bits per heavy atom. The molecule has 0 spiro atoms. The zero-order chi connectivity index (χ0) is 23.1. The molecule has 8 nitrogen and oxygen atoms in total. The Morgan fingerprint density at radius 3 is 2.31 bits per heavy atom. The maximum atomic E-state index is 12.5. The van der Waals surface area contributed by atoms with E-state index >= 15 is 0 Å². The third kappa shape index (κ3) is 5.70. The Morgan fingerprint density at radius 2 is 1.72 bits per heavy atom. The van der Waals surface area contributed by atoms with E-state index in [9.17, 15) is 14.7 Å². The quantitative estimate of drug-likeness (QED) is 0.565. The van der Waals surface area contributed by atoms with Crippen molar-refractivity contribution in [2.75, 3.05) is 20.3 Å². The van der Waals surface area contributed by atoms with Gasteiger partial charge in [0.15, 0.2) is 6.61 Å². The molecule has 0 fully saturated rings. The minimum absolute atomic E-state index is 0.000305. The minimum atomic E-state index is -1.07. The van der Waals surface area contributed by atoms with Crippen molar-refractivity contribution in [2.24, 2.45) is 4.99 Å². The molecule has 2 aromatic rings. The predicted molar refractivity (Wildman–Crippen MR) is 122 cm³/mol. The van der Waals surface area contributed by atoms with Crippen molar-refractivity contribution in [2.45, 2.75) is 6.92 Å². The number of methoxy groups -OCH3 is 1. The second-order valence-electron chi connectivity index (χ2n) is 6.42. The molecule has 0 aromatic heterocycles. The predicted octanol–water partition coefficient (Wildman–Crippen LogP) is 4.35. The molecule has 9 heteroatoms. The monoisotopic (exact) mass is 455 g/mol. The van der Waals surface area contributed by atoms with E-state index in [1.54, 1.807) is 68.6 Å². The number of rotatable bonds is 8. The highest BCUT2D eigenvalue weighted by Gasteiger charge is 2.33. The SMILES string of the molecule is CCOC(=O)C1=C(O)/C(=C/c2ccc(OCC(=O)O)cc2)SC1=Nc1ccc(OC)cc1. The van der Waals surface area contributed by atoms with Gasteiger partial charge in [-0.2, -0.15) is 0 Å². The summed E-state index contributed by atoms with van der Waals surface area (Å²) in [5, 5.41) is 19.7. The van der Waals surface area contributed by atoms with E-state index in [2.05, 4.69) is 4.99 Å². The topological polar surface area (TPSA) is 115 Å². The standard InChI is InChI=1S/C23H21NO7S/c1-3-30-23(28)20-21(27)18(12-14-4-8-17(9-5-14)31-13-19(25)26)32-22(20)24-15-6-10-16(29-2)11-7-15/h4-12,27H,3,13H2,1-2H3,(H,25,26)/b18-12-,24-22?. The first kappa shape index (κ1) is 23.0. The molecule has 2 N–H and O–H groups in total. The second-order valence-corrected chi connectivity index (χ2v) is 7.45. The highest BCUT2D eigenvalue weighted by Crippen LogP contribution is 2.40. The van der Waals surface area contributed by atoms with Crippen LogP contribution in [0.25, 0.3) is 6.08 Å². The molecule has 0 radical (unpaired) electrons. The minimum Gasteiger partial charge on any atom is -0.506 e. The third-order valence-corrected chi connectivity index (χ3v) is 5.23. The smallest absolute Gasteiger partial charge is 0.344 e. The maximum Gasteiger partial charge on any atom is 0.344 e. The molecule has 3 rings (SSSR count). The zero-order valence-electron chi connectivity index (χ0n) is 17.4. The van der Waals surface area contributed by atoms with E-state index in [1.807, 2.05) is 0 Å². The van der Waals surface area contributed by atoms with E-state index < -0.39 is 18.5 Å². The molecule has 1 heterocycles. The van der Waals surface area contributed by atoms with Crippen molar-refractivity contribution in [1.82, 2.24) is 0 Å². The maximum absolute atomic E-state index is 12.5. The van der Waals surface area contributed by atoms with Crippen LogP contribution < -0.4 is 9.47 Å². The number of aliphatic imine (C=N–C) groups is 1. The first-order chi connectivity index (χ1) is 15.4. The molecule has 166 valence electrons. The number of carboxylic acids is 1. The highest BCUT2D eigenvalue weighted by atomic mass is 32.2. The fraction of sp³-hybridized carbons (Fsp3) is 0.174. The Balaban J connectivity index is 1.90. The lowest BCUT2D eigenvalue weighted by Gasteiger charge is -2.04. The van der Waals surface area contributed by atoms with Gasteiger partial charge in [-0.1, -0.05) is 23.9 Å². The van der Waals surface area contributed by atoms with E-state index in [0.717, 1.165) is 17.3 Å². The number of nitrogens with zero attached hydrogens (tertiary/aromatic N) is 1. The molecule has 32 heavy (non-hydrogen) atoms.